The highest BCUT2D eigenvalue weighted by Gasteiger charge is 2.09. The summed E-state index contributed by atoms with van der Waals surface area (Å²) in [6, 6.07) is 8.16. The fourth-order valence-electron chi connectivity index (χ4n) is 2.32. The first-order chi connectivity index (χ1) is 9.79. The summed E-state index contributed by atoms with van der Waals surface area (Å²) in [5.74, 6) is 0. The van der Waals surface area contributed by atoms with Gasteiger partial charge in [0, 0.05) is 18.4 Å². The minimum Gasteiger partial charge on any atom is -0.376 e. The van der Waals surface area contributed by atoms with Crippen LogP contribution in [0.15, 0.2) is 36.0 Å². The fraction of sp³-hybridized carbons (Fsp3) is 0.267. The molecule has 0 spiro atoms. The van der Waals surface area contributed by atoms with Crippen LogP contribution in [-0.4, -0.2) is 9.55 Å². The van der Waals surface area contributed by atoms with Crippen LogP contribution in [-0.2, 0) is 13.1 Å². The zero-order valence-corrected chi connectivity index (χ0v) is 12.8. The summed E-state index contributed by atoms with van der Waals surface area (Å²) in [5.41, 5.74) is 4.99. The van der Waals surface area contributed by atoms with Gasteiger partial charge >= 0.3 is 0 Å². The van der Waals surface area contributed by atoms with E-state index in [-0.39, 0.29) is 0 Å². The van der Waals surface area contributed by atoms with Gasteiger partial charge in [-0.2, -0.15) is 0 Å². The maximum Gasteiger partial charge on any atom is 0.106 e. The number of fused-ring (bicyclic) bond motifs is 1. The quantitative estimate of drug-likeness (QED) is 0.735. The van der Waals surface area contributed by atoms with E-state index in [9.17, 15) is 0 Å². The fourth-order valence-corrected chi connectivity index (χ4v) is 3.23. The van der Waals surface area contributed by atoms with Gasteiger partial charge < -0.3 is 9.88 Å². The van der Waals surface area contributed by atoms with Crippen LogP contribution in [0.5, 0.6) is 0 Å². The second kappa shape index (κ2) is 5.85. The molecule has 1 aromatic carbocycles. The highest BCUT2D eigenvalue weighted by Crippen LogP contribution is 2.32. The molecule has 2 heterocycles. The molecule has 0 fully saturated rings. The number of rotatable bonds is 5. The van der Waals surface area contributed by atoms with E-state index in [1.807, 2.05) is 17.6 Å². The molecule has 0 unspecified atom stereocenters. The van der Waals surface area contributed by atoms with E-state index in [4.69, 9.17) is 11.6 Å². The monoisotopic (exact) mass is 305 g/mol. The summed E-state index contributed by atoms with van der Waals surface area (Å²) >= 11 is 7.93. The van der Waals surface area contributed by atoms with Crippen LogP contribution < -0.4 is 5.32 Å². The standard InChI is InChI=1S/C15H16ClN3S/c1-2-7-19-8-3-4-11(19)9-17-14-12(16)5-6-13-15(14)18-10-20-13/h3-6,8,10,17H,2,7,9H2,1H3. The predicted octanol–water partition coefficient (Wildman–Crippen LogP) is 4.77. The van der Waals surface area contributed by atoms with Crippen molar-refractivity contribution >= 4 is 38.8 Å². The van der Waals surface area contributed by atoms with Gasteiger partial charge in [-0.1, -0.05) is 18.5 Å². The number of aryl methyl sites for hydroxylation is 1. The molecule has 20 heavy (non-hydrogen) atoms. The molecule has 0 saturated carbocycles. The maximum absolute atomic E-state index is 6.30. The SMILES string of the molecule is CCCn1cccc1CNc1c(Cl)ccc2scnc12. The van der Waals surface area contributed by atoms with Crippen LogP contribution in [0.1, 0.15) is 19.0 Å². The zero-order chi connectivity index (χ0) is 13.9. The number of nitrogens with zero attached hydrogens (tertiary/aromatic N) is 2. The first-order valence-corrected chi connectivity index (χ1v) is 7.95. The van der Waals surface area contributed by atoms with Crippen LogP contribution in [0.25, 0.3) is 10.2 Å². The average molecular weight is 306 g/mol. The number of halogens is 1. The Morgan fingerprint density at radius 3 is 3.10 bits per heavy atom. The summed E-state index contributed by atoms with van der Waals surface area (Å²) in [6.45, 7) is 3.98. The lowest BCUT2D eigenvalue weighted by molar-refractivity contribution is 0.654. The number of thiazole rings is 1. The molecule has 3 nitrogen and oxygen atoms in total. The second-order valence-electron chi connectivity index (χ2n) is 4.67. The molecule has 0 radical (unpaired) electrons. The minimum atomic E-state index is 0.719. The van der Waals surface area contributed by atoms with Crippen LogP contribution in [0.2, 0.25) is 5.02 Å². The Morgan fingerprint density at radius 1 is 1.35 bits per heavy atom. The van der Waals surface area contributed by atoms with Crippen molar-refractivity contribution < 1.29 is 0 Å². The van der Waals surface area contributed by atoms with E-state index in [1.165, 1.54) is 5.69 Å². The second-order valence-corrected chi connectivity index (χ2v) is 5.96. The van der Waals surface area contributed by atoms with Crippen molar-refractivity contribution in [3.8, 4) is 0 Å². The Morgan fingerprint density at radius 2 is 2.25 bits per heavy atom. The molecule has 5 heteroatoms. The van der Waals surface area contributed by atoms with Gasteiger partial charge in [-0.15, -0.1) is 11.3 Å². The Balaban J connectivity index is 1.84. The van der Waals surface area contributed by atoms with E-state index in [1.54, 1.807) is 11.3 Å². The number of benzene rings is 1. The van der Waals surface area contributed by atoms with Crippen LogP contribution in [0.4, 0.5) is 5.69 Å². The lowest BCUT2D eigenvalue weighted by Crippen LogP contribution is -2.07. The lowest BCUT2D eigenvalue weighted by atomic mass is 10.2. The molecule has 0 aliphatic heterocycles. The Bertz CT molecular complexity index is 717. The van der Waals surface area contributed by atoms with Gasteiger partial charge in [-0.05, 0) is 30.7 Å². The van der Waals surface area contributed by atoms with E-state index < -0.39 is 0 Å². The zero-order valence-electron chi connectivity index (χ0n) is 11.3. The number of nitrogens with one attached hydrogen (secondary N) is 1. The Kier molecular flexibility index (Phi) is 3.94. The number of hydrogen-bond donors (Lipinski definition) is 1. The molecule has 0 aliphatic rings. The Hall–Kier alpha value is -1.52. The molecule has 2 aromatic heterocycles. The largest absolute Gasteiger partial charge is 0.376 e. The maximum atomic E-state index is 6.30. The van der Waals surface area contributed by atoms with Crippen LogP contribution >= 0.6 is 22.9 Å². The molecule has 0 amide bonds. The topological polar surface area (TPSA) is 29.9 Å². The molecule has 1 N–H and O–H groups in total. The third-order valence-electron chi connectivity index (χ3n) is 3.29. The van der Waals surface area contributed by atoms with E-state index in [0.717, 1.165) is 40.4 Å². The summed E-state index contributed by atoms with van der Waals surface area (Å²) in [6.07, 6.45) is 3.25. The number of hydrogen-bond acceptors (Lipinski definition) is 3. The molecule has 0 atom stereocenters. The van der Waals surface area contributed by atoms with Crippen molar-refractivity contribution in [2.75, 3.05) is 5.32 Å². The van der Waals surface area contributed by atoms with Crippen LogP contribution in [0.3, 0.4) is 0 Å². The van der Waals surface area contributed by atoms with E-state index in [2.05, 4.69) is 40.1 Å². The first-order valence-electron chi connectivity index (χ1n) is 6.69. The normalized spacial score (nSPS) is 11.1. The molecule has 3 aromatic rings. The van der Waals surface area contributed by atoms with Crippen molar-refractivity contribution in [3.05, 3.63) is 46.7 Å². The lowest BCUT2D eigenvalue weighted by Gasteiger charge is -2.12. The van der Waals surface area contributed by atoms with Crippen molar-refractivity contribution in [3.63, 3.8) is 0 Å². The highest BCUT2D eigenvalue weighted by atomic mass is 35.5. The van der Waals surface area contributed by atoms with Crippen molar-refractivity contribution in [2.24, 2.45) is 0 Å². The molecule has 104 valence electrons. The molecular weight excluding hydrogens is 290 g/mol. The first kappa shape index (κ1) is 13.5. The van der Waals surface area contributed by atoms with Crippen molar-refractivity contribution in [2.45, 2.75) is 26.4 Å². The molecule has 0 saturated heterocycles. The minimum absolute atomic E-state index is 0.719. The van der Waals surface area contributed by atoms with E-state index >= 15 is 0 Å². The van der Waals surface area contributed by atoms with Crippen molar-refractivity contribution in [1.29, 1.82) is 0 Å². The Labute approximate surface area is 127 Å². The summed E-state index contributed by atoms with van der Waals surface area (Å²) in [7, 11) is 0. The van der Waals surface area contributed by atoms with Gasteiger partial charge in [0.25, 0.3) is 0 Å². The smallest absolute Gasteiger partial charge is 0.106 e. The van der Waals surface area contributed by atoms with Gasteiger partial charge in [-0.25, -0.2) is 4.98 Å². The van der Waals surface area contributed by atoms with E-state index in [0.29, 0.717) is 0 Å². The summed E-state index contributed by atoms with van der Waals surface area (Å²) in [5, 5.41) is 4.15. The molecular formula is C15H16ClN3S. The van der Waals surface area contributed by atoms with Gasteiger partial charge in [-0.3, -0.25) is 0 Å². The molecule has 0 bridgehead atoms. The van der Waals surface area contributed by atoms with Crippen molar-refractivity contribution in [1.82, 2.24) is 9.55 Å². The number of anilines is 1. The number of aromatic nitrogens is 2. The predicted molar refractivity (Wildman–Crippen MR) is 86.7 cm³/mol. The van der Waals surface area contributed by atoms with Gasteiger partial charge in [0.1, 0.15) is 5.52 Å². The van der Waals surface area contributed by atoms with Gasteiger partial charge in [0.05, 0.1) is 27.5 Å². The van der Waals surface area contributed by atoms with Crippen LogP contribution in [0, 0.1) is 0 Å². The van der Waals surface area contributed by atoms with Gasteiger partial charge in [0.2, 0.25) is 0 Å². The highest BCUT2D eigenvalue weighted by molar-refractivity contribution is 7.16. The molecule has 0 aliphatic carbocycles. The summed E-state index contributed by atoms with van der Waals surface area (Å²) < 4.78 is 3.42. The third-order valence-corrected chi connectivity index (χ3v) is 4.40. The third kappa shape index (κ3) is 2.53. The van der Waals surface area contributed by atoms with Gasteiger partial charge in [0.15, 0.2) is 0 Å². The molecule has 3 rings (SSSR count). The summed E-state index contributed by atoms with van der Waals surface area (Å²) in [4.78, 5) is 4.40. The average Bonchev–Trinajstić information content (AvgIpc) is 3.07.